The van der Waals surface area contributed by atoms with Crippen molar-refractivity contribution in [3.05, 3.63) is 48.3 Å². The SMILES string of the molecule is NC(=O)COCC(N)c1cnn(-c2ccccc2)c1. The van der Waals surface area contributed by atoms with Gasteiger partial charge in [-0.05, 0) is 12.1 Å². The zero-order valence-corrected chi connectivity index (χ0v) is 10.4. The fourth-order valence-corrected chi connectivity index (χ4v) is 1.63. The third-order valence-corrected chi connectivity index (χ3v) is 2.59. The highest BCUT2D eigenvalue weighted by Gasteiger charge is 2.10. The topological polar surface area (TPSA) is 96.2 Å². The van der Waals surface area contributed by atoms with Crippen LogP contribution in [0.4, 0.5) is 0 Å². The van der Waals surface area contributed by atoms with E-state index < -0.39 is 5.91 Å². The van der Waals surface area contributed by atoms with Crippen molar-refractivity contribution in [2.75, 3.05) is 13.2 Å². The summed E-state index contributed by atoms with van der Waals surface area (Å²) in [7, 11) is 0. The Hall–Kier alpha value is -2.18. The Kier molecular flexibility index (Phi) is 4.27. The van der Waals surface area contributed by atoms with Crippen LogP contribution in [0, 0.1) is 0 Å². The van der Waals surface area contributed by atoms with E-state index in [0.29, 0.717) is 0 Å². The molecule has 0 radical (unpaired) electrons. The third kappa shape index (κ3) is 3.64. The van der Waals surface area contributed by atoms with E-state index in [1.165, 1.54) is 0 Å². The molecule has 100 valence electrons. The number of hydrogen-bond acceptors (Lipinski definition) is 4. The predicted octanol–water partition coefficient (Wildman–Crippen LogP) is 0.374. The van der Waals surface area contributed by atoms with Gasteiger partial charge in [0.05, 0.1) is 24.5 Å². The van der Waals surface area contributed by atoms with Gasteiger partial charge in [-0.2, -0.15) is 5.10 Å². The van der Waals surface area contributed by atoms with Crippen LogP contribution in [0.15, 0.2) is 42.7 Å². The highest BCUT2D eigenvalue weighted by atomic mass is 16.5. The summed E-state index contributed by atoms with van der Waals surface area (Å²) in [6.45, 7) is 0.101. The van der Waals surface area contributed by atoms with Gasteiger partial charge in [-0.3, -0.25) is 4.79 Å². The molecule has 0 bridgehead atoms. The van der Waals surface area contributed by atoms with Crippen LogP contribution >= 0.6 is 0 Å². The van der Waals surface area contributed by atoms with E-state index >= 15 is 0 Å². The number of ether oxygens (including phenoxy) is 1. The number of benzene rings is 1. The van der Waals surface area contributed by atoms with Crippen molar-refractivity contribution in [1.82, 2.24) is 9.78 Å². The summed E-state index contributed by atoms with van der Waals surface area (Å²) in [6.07, 6.45) is 3.53. The van der Waals surface area contributed by atoms with E-state index in [0.717, 1.165) is 11.3 Å². The fraction of sp³-hybridized carbons (Fsp3) is 0.231. The summed E-state index contributed by atoms with van der Waals surface area (Å²) in [4.78, 5) is 10.5. The molecule has 1 aromatic carbocycles. The molecule has 6 heteroatoms. The Bertz CT molecular complexity index is 539. The first-order valence-electron chi connectivity index (χ1n) is 5.88. The number of aromatic nitrogens is 2. The molecule has 1 amide bonds. The zero-order valence-electron chi connectivity index (χ0n) is 10.4. The minimum absolute atomic E-state index is 0.124. The molecule has 0 aliphatic rings. The van der Waals surface area contributed by atoms with Gasteiger partial charge in [0.1, 0.15) is 6.61 Å². The fourth-order valence-electron chi connectivity index (χ4n) is 1.63. The molecule has 6 nitrogen and oxygen atoms in total. The van der Waals surface area contributed by atoms with Crippen LogP contribution in [0.3, 0.4) is 0 Å². The molecule has 1 unspecified atom stereocenters. The number of para-hydroxylation sites is 1. The van der Waals surface area contributed by atoms with E-state index in [1.807, 2.05) is 36.5 Å². The number of nitrogens with zero attached hydrogens (tertiary/aromatic N) is 2. The smallest absolute Gasteiger partial charge is 0.243 e. The monoisotopic (exact) mass is 260 g/mol. The predicted molar refractivity (Wildman–Crippen MR) is 70.5 cm³/mol. The Morgan fingerprint density at radius 3 is 2.79 bits per heavy atom. The number of nitrogens with two attached hydrogens (primary N) is 2. The van der Waals surface area contributed by atoms with Gasteiger partial charge in [0.25, 0.3) is 0 Å². The van der Waals surface area contributed by atoms with Crippen molar-refractivity contribution >= 4 is 5.91 Å². The van der Waals surface area contributed by atoms with E-state index in [2.05, 4.69) is 5.10 Å². The molecule has 2 aromatic rings. The number of hydrogen-bond donors (Lipinski definition) is 2. The maximum atomic E-state index is 10.5. The van der Waals surface area contributed by atoms with Crippen molar-refractivity contribution in [2.45, 2.75) is 6.04 Å². The van der Waals surface area contributed by atoms with Crippen molar-refractivity contribution < 1.29 is 9.53 Å². The number of rotatable bonds is 6. The number of carbonyl (C=O) groups excluding carboxylic acids is 1. The molecule has 19 heavy (non-hydrogen) atoms. The summed E-state index contributed by atoms with van der Waals surface area (Å²) in [5, 5.41) is 4.24. The Balaban J connectivity index is 1.99. The van der Waals surface area contributed by atoms with Gasteiger partial charge in [0, 0.05) is 11.8 Å². The number of amides is 1. The first-order chi connectivity index (χ1) is 9.16. The first-order valence-corrected chi connectivity index (χ1v) is 5.88. The average Bonchev–Trinajstić information content (AvgIpc) is 2.89. The molecule has 1 aromatic heterocycles. The average molecular weight is 260 g/mol. The lowest BCUT2D eigenvalue weighted by atomic mass is 10.2. The van der Waals surface area contributed by atoms with Crippen molar-refractivity contribution in [2.24, 2.45) is 11.5 Å². The van der Waals surface area contributed by atoms with Gasteiger partial charge >= 0.3 is 0 Å². The Morgan fingerprint density at radius 2 is 2.11 bits per heavy atom. The van der Waals surface area contributed by atoms with Crippen LogP contribution in [0.5, 0.6) is 0 Å². The van der Waals surface area contributed by atoms with E-state index in [-0.39, 0.29) is 19.3 Å². The molecule has 4 N–H and O–H groups in total. The number of carbonyl (C=O) groups is 1. The second-order valence-electron chi connectivity index (χ2n) is 4.14. The molecular formula is C13H16N4O2. The second-order valence-corrected chi connectivity index (χ2v) is 4.14. The van der Waals surface area contributed by atoms with Crippen molar-refractivity contribution in [3.63, 3.8) is 0 Å². The maximum Gasteiger partial charge on any atom is 0.243 e. The minimum atomic E-state index is -0.507. The summed E-state index contributed by atoms with van der Waals surface area (Å²) >= 11 is 0. The molecule has 0 spiro atoms. The first kappa shape index (κ1) is 13.3. The third-order valence-electron chi connectivity index (χ3n) is 2.59. The van der Waals surface area contributed by atoms with Gasteiger partial charge in [0.15, 0.2) is 0 Å². The van der Waals surface area contributed by atoms with Crippen LogP contribution < -0.4 is 11.5 Å². The molecule has 0 saturated heterocycles. The van der Waals surface area contributed by atoms with Gasteiger partial charge in [0.2, 0.25) is 5.91 Å². The van der Waals surface area contributed by atoms with Gasteiger partial charge in [-0.1, -0.05) is 18.2 Å². The highest BCUT2D eigenvalue weighted by molar-refractivity contribution is 5.74. The largest absolute Gasteiger partial charge is 0.370 e. The molecule has 1 atom stereocenters. The summed E-state index contributed by atoms with van der Waals surface area (Å²) in [5.74, 6) is -0.507. The summed E-state index contributed by atoms with van der Waals surface area (Å²) in [6, 6.07) is 9.38. The molecule has 1 heterocycles. The van der Waals surface area contributed by atoms with Crippen molar-refractivity contribution in [3.8, 4) is 5.69 Å². The number of primary amides is 1. The lowest BCUT2D eigenvalue weighted by Crippen LogP contribution is -2.23. The quantitative estimate of drug-likeness (QED) is 0.784. The van der Waals surface area contributed by atoms with E-state index in [4.69, 9.17) is 16.2 Å². The van der Waals surface area contributed by atoms with E-state index in [1.54, 1.807) is 10.9 Å². The van der Waals surface area contributed by atoms with Crippen LogP contribution in [-0.4, -0.2) is 28.9 Å². The minimum Gasteiger partial charge on any atom is -0.370 e. The van der Waals surface area contributed by atoms with Crippen LogP contribution in [0.2, 0.25) is 0 Å². The molecule has 0 aliphatic carbocycles. The highest BCUT2D eigenvalue weighted by Crippen LogP contribution is 2.13. The zero-order chi connectivity index (χ0) is 13.7. The standard InChI is InChI=1S/C13H16N4O2/c14-12(8-19-9-13(15)18)10-6-16-17(7-10)11-4-2-1-3-5-11/h1-7,12H,8-9,14H2,(H2,15,18). The lowest BCUT2D eigenvalue weighted by molar-refractivity contribution is -0.122. The van der Waals surface area contributed by atoms with Crippen LogP contribution in [-0.2, 0) is 9.53 Å². The van der Waals surface area contributed by atoms with Gasteiger partial charge in [-0.15, -0.1) is 0 Å². The molecule has 2 rings (SSSR count). The summed E-state index contributed by atoms with van der Waals surface area (Å²) in [5.41, 5.74) is 12.7. The molecular weight excluding hydrogens is 244 g/mol. The molecule has 0 saturated carbocycles. The molecule has 0 fully saturated rings. The van der Waals surface area contributed by atoms with Gasteiger partial charge in [-0.25, -0.2) is 4.68 Å². The maximum absolute atomic E-state index is 10.5. The Labute approximate surface area is 111 Å². The van der Waals surface area contributed by atoms with Crippen molar-refractivity contribution in [1.29, 1.82) is 0 Å². The van der Waals surface area contributed by atoms with Gasteiger partial charge < -0.3 is 16.2 Å². The Morgan fingerprint density at radius 1 is 1.37 bits per heavy atom. The second kappa shape index (κ2) is 6.12. The normalized spacial score (nSPS) is 12.3. The van der Waals surface area contributed by atoms with Crippen LogP contribution in [0.25, 0.3) is 5.69 Å². The van der Waals surface area contributed by atoms with Crippen LogP contribution in [0.1, 0.15) is 11.6 Å². The van der Waals surface area contributed by atoms with E-state index in [9.17, 15) is 4.79 Å². The summed E-state index contributed by atoms with van der Waals surface area (Å²) < 4.78 is 6.83. The molecule has 0 aliphatic heterocycles. The lowest BCUT2D eigenvalue weighted by Gasteiger charge is -2.08.